The van der Waals surface area contributed by atoms with E-state index >= 15 is 0 Å². The minimum atomic E-state index is -0.635. The fraction of sp³-hybridized carbons (Fsp3) is 0.125. The van der Waals surface area contributed by atoms with Crippen LogP contribution in [-0.2, 0) is 17.8 Å². The van der Waals surface area contributed by atoms with Crippen molar-refractivity contribution in [3.8, 4) is 0 Å². The molecule has 1 aliphatic rings. The molecular formula is C24H23N5O3. The molecule has 0 radical (unpaired) electrons. The molecule has 1 fully saturated rings. The van der Waals surface area contributed by atoms with Crippen LogP contribution in [0.5, 0.6) is 0 Å². The summed E-state index contributed by atoms with van der Waals surface area (Å²) < 4.78 is 0. The second-order valence-electron chi connectivity index (χ2n) is 7.49. The molecule has 1 unspecified atom stereocenters. The average molecular weight is 429 g/mol. The number of nitrogen functional groups attached to an aromatic ring is 1. The lowest BCUT2D eigenvalue weighted by molar-refractivity contribution is -0.127. The van der Waals surface area contributed by atoms with E-state index < -0.39 is 12.1 Å². The largest absolute Gasteiger partial charge is 0.325 e. The molecule has 0 aromatic heterocycles. The number of hydrogen-bond acceptors (Lipinski definition) is 5. The fourth-order valence-corrected chi connectivity index (χ4v) is 3.56. The molecule has 4 amide bonds. The van der Waals surface area contributed by atoms with Crippen LogP contribution in [-0.4, -0.2) is 28.8 Å². The van der Waals surface area contributed by atoms with Crippen molar-refractivity contribution in [2.45, 2.75) is 19.0 Å². The van der Waals surface area contributed by atoms with Gasteiger partial charge in [-0.1, -0.05) is 42.5 Å². The van der Waals surface area contributed by atoms with Crippen molar-refractivity contribution in [2.75, 3.05) is 10.7 Å². The van der Waals surface area contributed by atoms with Crippen molar-refractivity contribution < 1.29 is 14.4 Å². The number of nitrogens with two attached hydrogens (primary N) is 1. The molecule has 1 aliphatic heterocycles. The van der Waals surface area contributed by atoms with Gasteiger partial charge in [0.25, 0.3) is 11.8 Å². The Morgan fingerprint density at radius 1 is 0.906 bits per heavy atom. The quantitative estimate of drug-likeness (QED) is 0.262. The number of benzene rings is 3. The van der Waals surface area contributed by atoms with E-state index in [0.29, 0.717) is 23.2 Å². The van der Waals surface area contributed by atoms with Crippen molar-refractivity contribution in [3.63, 3.8) is 0 Å². The minimum Gasteiger partial charge on any atom is -0.325 e. The Bertz CT molecular complexity index is 1130. The van der Waals surface area contributed by atoms with Gasteiger partial charge in [-0.3, -0.25) is 20.3 Å². The Morgan fingerprint density at radius 2 is 1.66 bits per heavy atom. The van der Waals surface area contributed by atoms with Crippen LogP contribution in [0.3, 0.4) is 0 Å². The van der Waals surface area contributed by atoms with E-state index in [2.05, 4.69) is 16.1 Å². The van der Waals surface area contributed by atoms with E-state index in [1.165, 1.54) is 4.90 Å². The third kappa shape index (κ3) is 4.76. The predicted octanol–water partition coefficient (Wildman–Crippen LogP) is 2.89. The number of amides is 4. The van der Waals surface area contributed by atoms with Gasteiger partial charge in [-0.05, 0) is 47.5 Å². The van der Waals surface area contributed by atoms with Crippen molar-refractivity contribution >= 4 is 29.2 Å². The lowest BCUT2D eigenvalue weighted by atomic mass is 10.1. The van der Waals surface area contributed by atoms with Crippen LogP contribution in [0.15, 0.2) is 78.9 Å². The molecule has 32 heavy (non-hydrogen) atoms. The van der Waals surface area contributed by atoms with Gasteiger partial charge in [0.2, 0.25) is 0 Å². The summed E-state index contributed by atoms with van der Waals surface area (Å²) in [4.78, 5) is 39.0. The number of anilines is 2. The average Bonchev–Trinajstić information content (AvgIpc) is 3.07. The number of urea groups is 1. The number of hydrazine groups is 1. The van der Waals surface area contributed by atoms with Crippen LogP contribution in [0.2, 0.25) is 0 Å². The molecule has 0 aliphatic carbocycles. The Kier molecular flexibility index (Phi) is 6.14. The molecule has 4 rings (SSSR count). The Balaban J connectivity index is 1.42. The van der Waals surface area contributed by atoms with Gasteiger partial charge in [0.05, 0.1) is 6.54 Å². The first-order valence-electron chi connectivity index (χ1n) is 10.2. The SMILES string of the molecule is NNc1ccc(CC2NC(=O)N(Cc3cccc(C(=O)Nc4ccccc4)c3)C2=O)cc1. The van der Waals surface area contributed by atoms with Gasteiger partial charge in [-0.15, -0.1) is 0 Å². The van der Waals surface area contributed by atoms with Gasteiger partial charge in [0.1, 0.15) is 6.04 Å². The highest BCUT2D eigenvalue weighted by molar-refractivity contribution is 6.05. The third-order valence-corrected chi connectivity index (χ3v) is 5.23. The van der Waals surface area contributed by atoms with Crippen LogP contribution in [0.4, 0.5) is 16.2 Å². The fourth-order valence-electron chi connectivity index (χ4n) is 3.56. The molecule has 0 spiro atoms. The molecule has 0 bridgehead atoms. The first kappa shape index (κ1) is 21.1. The molecule has 3 aromatic rings. The number of hydrogen-bond donors (Lipinski definition) is 4. The van der Waals surface area contributed by atoms with Crippen LogP contribution in [0.25, 0.3) is 0 Å². The summed E-state index contributed by atoms with van der Waals surface area (Å²) >= 11 is 0. The molecule has 5 N–H and O–H groups in total. The maximum Gasteiger partial charge on any atom is 0.325 e. The molecular weight excluding hydrogens is 406 g/mol. The number of nitrogens with zero attached hydrogens (tertiary/aromatic N) is 1. The maximum atomic E-state index is 12.8. The van der Waals surface area contributed by atoms with Crippen LogP contribution in [0.1, 0.15) is 21.5 Å². The van der Waals surface area contributed by atoms with Crippen molar-refractivity contribution in [2.24, 2.45) is 5.84 Å². The summed E-state index contributed by atoms with van der Waals surface area (Å²) in [7, 11) is 0. The zero-order valence-corrected chi connectivity index (χ0v) is 17.2. The monoisotopic (exact) mass is 429 g/mol. The molecule has 1 heterocycles. The van der Waals surface area contributed by atoms with Gasteiger partial charge < -0.3 is 16.1 Å². The summed E-state index contributed by atoms with van der Waals surface area (Å²) in [6.07, 6.45) is 0.380. The summed E-state index contributed by atoms with van der Waals surface area (Å²) in [5.74, 6) is 4.81. The van der Waals surface area contributed by atoms with Gasteiger partial charge >= 0.3 is 6.03 Å². The Morgan fingerprint density at radius 3 is 2.38 bits per heavy atom. The van der Waals surface area contributed by atoms with Gasteiger partial charge in [0.15, 0.2) is 0 Å². The van der Waals surface area contributed by atoms with Crippen LogP contribution < -0.4 is 21.9 Å². The van der Waals surface area contributed by atoms with Crippen LogP contribution >= 0.6 is 0 Å². The van der Waals surface area contributed by atoms with Crippen molar-refractivity contribution in [3.05, 3.63) is 95.6 Å². The van der Waals surface area contributed by atoms with E-state index in [4.69, 9.17) is 5.84 Å². The number of rotatable bonds is 7. The molecule has 3 aromatic carbocycles. The molecule has 162 valence electrons. The number of carbonyl (C=O) groups excluding carboxylic acids is 3. The summed E-state index contributed by atoms with van der Waals surface area (Å²) in [5, 5.41) is 5.57. The highest BCUT2D eigenvalue weighted by Gasteiger charge is 2.37. The summed E-state index contributed by atoms with van der Waals surface area (Å²) in [6.45, 7) is 0.0870. The van der Waals surface area contributed by atoms with Crippen LogP contribution in [0, 0.1) is 0 Å². The maximum absolute atomic E-state index is 12.8. The lowest BCUT2D eigenvalue weighted by Crippen LogP contribution is -2.32. The van der Waals surface area contributed by atoms with Gasteiger partial charge in [-0.25, -0.2) is 4.79 Å². The smallest absolute Gasteiger partial charge is 0.325 e. The zero-order chi connectivity index (χ0) is 22.5. The summed E-state index contributed by atoms with van der Waals surface area (Å²) in [5.41, 5.74) is 6.04. The second kappa shape index (κ2) is 9.32. The summed E-state index contributed by atoms with van der Waals surface area (Å²) in [6, 6.07) is 22.3. The predicted molar refractivity (Wildman–Crippen MR) is 122 cm³/mol. The number of imide groups is 1. The van der Waals surface area contributed by atoms with Crippen molar-refractivity contribution in [1.29, 1.82) is 0 Å². The minimum absolute atomic E-state index is 0.0870. The molecule has 1 saturated heterocycles. The van der Waals surface area contributed by atoms with Gasteiger partial charge in [-0.2, -0.15) is 0 Å². The highest BCUT2D eigenvalue weighted by Crippen LogP contribution is 2.18. The number of nitrogens with one attached hydrogen (secondary N) is 3. The topological polar surface area (TPSA) is 117 Å². The normalized spacial score (nSPS) is 15.4. The highest BCUT2D eigenvalue weighted by atomic mass is 16.2. The molecule has 0 saturated carbocycles. The second-order valence-corrected chi connectivity index (χ2v) is 7.49. The zero-order valence-electron chi connectivity index (χ0n) is 17.2. The Labute approximate surface area is 185 Å². The first-order valence-corrected chi connectivity index (χ1v) is 10.2. The van der Waals surface area contributed by atoms with Gasteiger partial charge in [0, 0.05) is 23.4 Å². The van der Waals surface area contributed by atoms with E-state index in [1.54, 1.807) is 48.5 Å². The van der Waals surface area contributed by atoms with E-state index in [0.717, 1.165) is 11.3 Å². The van der Waals surface area contributed by atoms with E-state index in [9.17, 15) is 14.4 Å². The van der Waals surface area contributed by atoms with E-state index in [-0.39, 0.29) is 18.4 Å². The lowest BCUT2D eigenvalue weighted by Gasteiger charge is -2.14. The standard InChI is InChI=1S/C24H23N5O3/c25-28-20-11-9-16(10-12-20)14-21-23(31)29(24(32)27-21)15-17-5-4-6-18(13-17)22(30)26-19-7-2-1-3-8-19/h1-13,21,28H,14-15,25H2,(H,26,30)(H,27,32). The number of para-hydroxylation sites is 1. The molecule has 8 heteroatoms. The third-order valence-electron chi connectivity index (χ3n) is 5.23. The molecule has 1 atom stereocenters. The number of carbonyl (C=O) groups is 3. The van der Waals surface area contributed by atoms with Crippen molar-refractivity contribution in [1.82, 2.24) is 10.2 Å². The molecule has 8 nitrogen and oxygen atoms in total. The van der Waals surface area contributed by atoms with E-state index in [1.807, 2.05) is 30.3 Å². The Hall–Kier alpha value is -4.17. The first-order chi connectivity index (χ1) is 15.5.